The second-order valence-corrected chi connectivity index (χ2v) is 6.74. The van der Waals surface area contributed by atoms with E-state index in [2.05, 4.69) is 5.32 Å². The molecule has 8 heteroatoms. The van der Waals surface area contributed by atoms with E-state index < -0.39 is 0 Å². The number of urea groups is 1. The number of anilines is 1. The zero-order valence-corrected chi connectivity index (χ0v) is 16.8. The summed E-state index contributed by atoms with van der Waals surface area (Å²) in [5, 5.41) is 2.85. The van der Waals surface area contributed by atoms with Crippen molar-refractivity contribution in [3.05, 3.63) is 54.0 Å². The lowest BCUT2D eigenvalue weighted by Gasteiger charge is -2.34. The van der Waals surface area contributed by atoms with E-state index in [4.69, 9.17) is 4.42 Å². The van der Waals surface area contributed by atoms with Crippen molar-refractivity contribution < 1.29 is 18.8 Å². The third kappa shape index (κ3) is 4.77. The average Bonchev–Trinajstić information content (AvgIpc) is 3.29. The molecule has 0 spiro atoms. The maximum Gasteiger partial charge on any atom is 0.321 e. The van der Waals surface area contributed by atoms with Gasteiger partial charge in [-0.1, -0.05) is 0 Å². The summed E-state index contributed by atoms with van der Waals surface area (Å²) in [5.41, 5.74) is 1.22. The highest BCUT2D eigenvalue weighted by Crippen LogP contribution is 2.14. The molecule has 1 N–H and O–H groups in total. The summed E-state index contributed by atoms with van der Waals surface area (Å²) in [6.45, 7) is 6.97. The van der Waals surface area contributed by atoms with Crippen LogP contribution in [0.25, 0.3) is 0 Å². The Hall–Kier alpha value is -3.29. The molecular formula is C21H26N4O4. The summed E-state index contributed by atoms with van der Waals surface area (Å²) in [5.74, 6) is 0.121. The lowest BCUT2D eigenvalue weighted by Crippen LogP contribution is -2.51. The SMILES string of the molecule is CCN(CC)C(=O)c1ccc(NC(=O)N2CCN(C(=O)c3ccco3)CC2)cc1. The number of carbonyl (C=O) groups is 3. The topological polar surface area (TPSA) is 86.1 Å². The fraction of sp³-hybridized carbons (Fsp3) is 0.381. The molecule has 0 saturated carbocycles. The highest BCUT2D eigenvalue weighted by atomic mass is 16.3. The predicted molar refractivity (Wildman–Crippen MR) is 109 cm³/mol. The Labute approximate surface area is 170 Å². The van der Waals surface area contributed by atoms with E-state index in [1.807, 2.05) is 13.8 Å². The van der Waals surface area contributed by atoms with E-state index in [-0.39, 0.29) is 17.8 Å². The van der Waals surface area contributed by atoms with Crippen molar-refractivity contribution in [3.63, 3.8) is 0 Å². The van der Waals surface area contributed by atoms with E-state index in [9.17, 15) is 14.4 Å². The van der Waals surface area contributed by atoms with Crippen molar-refractivity contribution >= 4 is 23.5 Å². The van der Waals surface area contributed by atoms with E-state index in [1.54, 1.807) is 51.1 Å². The van der Waals surface area contributed by atoms with Crippen LogP contribution in [0.5, 0.6) is 0 Å². The zero-order chi connectivity index (χ0) is 20.8. The number of piperazine rings is 1. The third-order valence-corrected chi connectivity index (χ3v) is 5.02. The van der Waals surface area contributed by atoms with E-state index in [0.717, 1.165) is 0 Å². The fourth-order valence-corrected chi connectivity index (χ4v) is 3.26. The summed E-state index contributed by atoms with van der Waals surface area (Å²) in [7, 11) is 0. The van der Waals surface area contributed by atoms with Gasteiger partial charge < -0.3 is 24.4 Å². The van der Waals surface area contributed by atoms with Crippen LogP contribution in [0.1, 0.15) is 34.8 Å². The molecular weight excluding hydrogens is 372 g/mol. The highest BCUT2D eigenvalue weighted by molar-refractivity contribution is 5.95. The van der Waals surface area contributed by atoms with Gasteiger partial charge in [-0.05, 0) is 50.2 Å². The predicted octanol–water partition coefficient (Wildman–Crippen LogP) is 2.75. The molecule has 1 fully saturated rings. The van der Waals surface area contributed by atoms with Crippen molar-refractivity contribution in [2.75, 3.05) is 44.6 Å². The molecule has 3 rings (SSSR count). The number of furan rings is 1. The maximum atomic E-state index is 12.5. The minimum absolute atomic E-state index is 0.0229. The Balaban J connectivity index is 1.52. The first kappa shape index (κ1) is 20.4. The molecule has 0 bridgehead atoms. The lowest BCUT2D eigenvalue weighted by molar-refractivity contribution is 0.0640. The van der Waals surface area contributed by atoms with Gasteiger partial charge in [-0.25, -0.2) is 4.79 Å². The molecule has 8 nitrogen and oxygen atoms in total. The third-order valence-electron chi connectivity index (χ3n) is 5.02. The van der Waals surface area contributed by atoms with Crippen LogP contribution in [-0.2, 0) is 0 Å². The van der Waals surface area contributed by atoms with Crippen molar-refractivity contribution in [1.82, 2.24) is 14.7 Å². The van der Waals surface area contributed by atoms with Gasteiger partial charge in [0.15, 0.2) is 5.76 Å². The van der Waals surface area contributed by atoms with Gasteiger partial charge in [0.1, 0.15) is 0 Å². The second kappa shape index (κ2) is 9.27. The van der Waals surface area contributed by atoms with Crippen molar-refractivity contribution in [2.45, 2.75) is 13.8 Å². The molecule has 1 saturated heterocycles. The van der Waals surface area contributed by atoms with Crippen LogP contribution in [0.4, 0.5) is 10.5 Å². The minimum atomic E-state index is -0.224. The number of carbonyl (C=O) groups excluding carboxylic acids is 3. The number of hydrogen-bond acceptors (Lipinski definition) is 4. The van der Waals surface area contributed by atoms with Crippen LogP contribution >= 0.6 is 0 Å². The largest absolute Gasteiger partial charge is 0.459 e. The molecule has 1 aliphatic heterocycles. The fourth-order valence-electron chi connectivity index (χ4n) is 3.26. The number of nitrogens with one attached hydrogen (secondary N) is 1. The van der Waals surface area contributed by atoms with Gasteiger partial charge in [-0.3, -0.25) is 9.59 Å². The smallest absolute Gasteiger partial charge is 0.321 e. The molecule has 0 atom stereocenters. The molecule has 4 amide bonds. The molecule has 0 aliphatic carbocycles. The summed E-state index contributed by atoms with van der Waals surface area (Å²) >= 11 is 0. The summed E-state index contributed by atoms with van der Waals surface area (Å²) < 4.78 is 5.15. The highest BCUT2D eigenvalue weighted by Gasteiger charge is 2.26. The normalized spacial score (nSPS) is 13.9. The Morgan fingerprint density at radius 3 is 2.14 bits per heavy atom. The van der Waals surface area contributed by atoms with Crippen LogP contribution in [0.2, 0.25) is 0 Å². The number of rotatable bonds is 5. The van der Waals surface area contributed by atoms with Gasteiger partial charge in [-0.2, -0.15) is 0 Å². The molecule has 0 unspecified atom stereocenters. The Bertz CT molecular complexity index is 836. The van der Waals surface area contributed by atoms with E-state index >= 15 is 0 Å². The molecule has 2 aromatic rings. The average molecular weight is 398 g/mol. The summed E-state index contributed by atoms with van der Waals surface area (Å²) in [4.78, 5) is 42.2. The van der Waals surface area contributed by atoms with Crippen LogP contribution in [0, 0.1) is 0 Å². The first-order chi connectivity index (χ1) is 14.0. The number of benzene rings is 1. The molecule has 0 radical (unpaired) electrons. The number of nitrogens with zero attached hydrogens (tertiary/aromatic N) is 3. The van der Waals surface area contributed by atoms with Crippen LogP contribution < -0.4 is 5.32 Å². The van der Waals surface area contributed by atoms with Crippen molar-refractivity contribution in [3.8, 4) is 0 Å². The molecule has 1 aromatic carbocycles. The standard InChI is InChI=1S/C21H26N4O4/c1-3-23(4-2)19(26)16-7-9-17(10-8-16)22-21(28)25-13-11-24(12-14-25)20(27)18-6-5-15-29-18/h5-10,15H,3-4,11-14H2,1-2H3,(H,22,28). The van der Waals surface area contributed by atoms with Crippen molar-refractivity contribution in [1.29, 1.82) is 0 Å². The number of amides is 4. The monoisotopic (exact) mass is 398 g/mol. The van der Waals surface area contributed by atoms with Crippen LogP contribution in [-0.4, -0.2) is 71.8 Å². The Morgan fingerprint density at radius 1 is 0.966 bits per heavy atom. The van der Waals surface area contributed by atoms with Crippen molar-refractivity contribution in [2.24, 2.45) is 0 Å². The van der Waals surface area contributed by atoms with E-state index in [1.165, 1.54) is 6.26 Å². The van der Waals surface area contributed by atoms with Gasteiger partial charge >= 0.3 is 6.03 Å². The Morgan fingerprint density at radius 2 is 1.59 bits per heavy atom. The molecule has 2 heterocycles. The van der Waals surface area contributed by atoms with Gasteiger partial charge in [-0.15, -0.1) is 0 Å². The first-order valence-corrected chi connectivity index (χ1v) is 9.81. The summed E-state index contributed by atoms with van der Waals surface area (Å²) in [6, 6.07) is 9.98. The van der Waals surface area contributed by atoms with Crippen LogP contribution in [0.15, 0.2) is 47.1 Å². The molecule has 1 aromatic heterocycles. The number of hydrogen-bond donors (Lipinski definition) is 1. The summed E-state index contributed by atoms with van der Waals surface area (Å²) in [6.07, 6.45) is 1.47. The quantitative estimate of drug-likeness (QED) is 0.839. The molecule has 154 valence electrons. The lowest BCUT2D eigenvalue weighted by atomic mass is 10.2. The van der Waals surface area contributed by atoms with Gasteiger partial charge in [0, 0.05) is 50.5 Å². The maximum absolute atomic E-state index is 12.5. The molecule has 1 aliphatic rings. The van der Waals surface area contributed by atoms with Gasteiger partial charge in [0.2, 0.25) is 0 Å². The minimum Gasteiger partial charge on any atom is -0.459 e. The second-order valence-electron chi connectivity index (χ2n) is 6.74. The van der Waals surface area contributed by atoms with Gasteiger partial charge in [0.25, 0.3) is 11.8 Å². The van der Waals surface area contributed by atoms with Gasteiger partial charge in [0.05, 0.1) is 6.26 Å². The first-order valence-electron chi connectivity index (χ1n) is 9.81. The zero-order valence-electron chi connectivity index (χ0n) is 16.8. The van der Waals surface area contributed by atoms with E-state index in [0.29, 0.717) is 56.3 Å². The molecule has 29 heavy (non-hydrogen) atoms. The Kier molecular flexibility index (Phi) is 6.54. The van der Waals surface area contributed by atoms with Crippen LogP contribution in [0.3, 0.4) is 0 Å².